The summed E-state index contributed by atoms with van der Waals surface area (Å²) >= 11 is 0. The molecule has 1 amide bonds. The van der Waals surface area contributed by atoms with E-state index in [1.165, 1.54) is 11.1 Å². The molecule has 122 valence electrons. The molecule has 0 spiro atoms. The van der Waals surface area contributed by atoms with Crippen molar-refractivity contribution < 1.29 is 4.79 Å². The van der Waals surface area contributed by atoms with Crippen molar-refractivity contribution in [1.29, 1.82) is 0 Å². The molecular formula is C21H17N3O. The Morgan fingerprint density at radius 2 is 1.68 bits per heavy atom. The van der Waals surface area contributed by atoms with Crippen LogP contribution < -0.4 is 5.32 Å². The summed E-state index contributed by atoms with van der Waals surface area (Å²) in [5.41, 5.74) is 6.43. The van der Waals surface area contributed by atoms with Crippen LogP contribution in [0.4, 0.5) is 11.4 Å². The number of anilines is 1. The van der Waals surface area contributed by atoms with Crippen LogP contribution in [0.3, 0.4) is 0 Å². The zero-order valence-corrected chi connectivity index (χ0v) is 13.9. The monoisotopic (exact) mass is 327 g/mol. The lowest BCUT2D eigenvalue weighted by Gasteiger charge is -2.03. The third-order valence-electron chi connectivity index (χ3n) is 4.32. The molecule has 0 atom stereocenters. The molecule has 1 aliphatic heterocycles. The Balaban J connectivity index is 1.60. The zero-order valence-electron chi connectivity index (χ0n) is 13.9. The molecule has 2 aromatic carbocycles. The average Bonchev–Trinajstić information content (AvgIpc) is 2.95. The maximum absolute atomic E-state index is 12.2. The number of rotatable bonds is 3. The average molecular weight is 327 g/mol. The molecule has 0 fully saturated rings. The minimum Gasteiger partial charge on any atom is -0.320 e. The second kappa shape index (κ2) is 6.32. The van der Waals surface area contributed by atoms with Gasteiger partial charge in [-0.3, -0.25) is 9.78 Å². The fourth-order valence-electron chi connectivity index (χ4n) is 2.99. The smallest absolute Gasteiger partial charge is 0.275 e. The van der Waals surface area contributed by atoms with E-state index in [4.69, 9.17) is 0 Å². The highest BCUT2D eigenvalue weighted by Crippen LogP contribution is 2.28. The largest absolute Gasteiger partial charge is 0.320 e. The molecule has 25 heavy (non-hydrogen) atoms. The molecule has 1 N–H and O–H groups in total. The second-order valence-electron chi connectivity index (χ2n) is 6.11. The lowest BCUT2D eigenvalue weighted by molar-refractivity contribution is -0.110. The van der Waals surface area contributed by atoms with Crippen LogP contribution in [0, 0.1) is 6.92 Å². The maximum Gasteiger partial charge on any atom is 0.275 e. The number of benzene rings is 2. The standard InChI is InChI=1S/C21H17N3O/c1-14-3-2-4-18-19(14)24-21(25)20(18)23-17-7-5-15(6-8-17)13-16-9-11-22-12-10-16/h2-12H,13H2,1H3,(H,23,24,25). The zero-order chi connectivity index (χ0) is 17.2. The van der Waals surface area contributed by atoms with Crippen LogP contribution in [0.25, 0.3) is 0 Å². The normalized spacial score (nSPS) is 14.4. The molecule has 4 rings (SSSR count). The van der Waals surface area contributed by atoms with Gasteiger partial charge in [0, 0.05) is 18.0 Å². The SMILES string of the molecule is Cc1cccc2c1NC(=O)C2=Nc1ccc(Cc2ccncc2)cc1. The Labute approximate surface area is 146 Å². The number of aromatic nitrogens is 1. The molecule has 1 aromatic heterocycles. The maximum atomic E-state index is 12.2. The van der Waals surface area contributed by atoms with Gasteiger partial charge in [0.25, 0.3) is 5.91 Å². The molecule has 0 saturated heterocycles. The highest BCUT2D eigenvalue weighted by molar-refractivity contribution is 6.54. The Hall–Kier alpha value is -3.27. The van der Waals surface area contributed by atoms with Gasteiger partial charge < -0.3 is 5.32 Å². The summed E-state index contributed by atoms with van der Waals surface area (Å²) in [5, 5.41) is 2.90. The molecule has 2 heterocycles. The van der Waals surface area contributed by atoms with Gasteiger partial charge in [-0.2, -0.15) is 0 Å². The van der Waals surface area contributed by atoms with Gasteiger partial charge in [0.2, 0.25) is 0 Å². The minimum absolute atomic E-state index is 0.148. The van der Waals surface area contributed by atoms with Gasteiger partial charge in [-0.1, -0.05) is 30.3 Å². The fourth-order valence-corrected chi connectivity index (χ4v) is 2.99. The lowest BCUT2D eigenvalue weighted by Crippen LogP contribution is -2.13. The van der Waals surface area contributed by atoms with Gasteiger partial charge in [0.15, 0.2) is 0 Å². The number of amides is 1. The summed E-state index contributed by atoms with van der Waals surface area (Å²) in [4.78, 5) is 20.8. The fraction of sp³-hybridized carbons (Fsp3) is 0.0952. The highest BCUT2D eigenvalue weighted by Gasteiger charge is 2.26. The first-order valence-corrected chi connectivity index (χ1v) is 8.18. The van der Waals surface area contributed by atoms with Crippen molar-refractivity contribution in [2.75, 3.05) is 5.32 Å². The molecule has 0 radical (unpaired) electrons. The summed E-state index contributed by atoms with van der Waals surface area (Å²) in [6.45, 7) is 1.98. The Morgan fingerprint density at radius 3 is 2.44 bits per heavy atom. The van der Waals surface area contributed by atoms with Crippen LogP contribution in [-0.4, -0.2) is 16.6 Å². The van der Waals surface area contributed by atoms with Crippen LogP contribution in [-0.2, 0) is 11.2 Å². The molecule has 0 unspecified atom stereocenters. The first kappa shape index (κ1) is 15.3. The van der Waals surface area contributed by atoms with Crippen molar-refractivity contribution in [2.45, 2.75) is 13.3 Å². The number of aliphatic imine (C=N–C) groups is 1. The number of nitrogens with zero attached hydrogens (tertiary/aromatic N) is 2. The number of aryl methyl sites for hydroxylation is 1. The van der Waals surface area contributed by atoms with Gasteiger partial charge in [-0.15, -0.1) is 0 Å². The van der Waals surface area contributed by atoms with E-state index in [0.29, 0.717) is 5.71 Å². The van der Waals surface area contributed by atoms with E-state index in [-0.39, 0.29) is 5.91 Å². The Morgan fingerprint density at radius 1 is 0.960 bits per heavy atom. The summed E-state index contributed by atoms with van der Waals surface area (Å²) in [6.07, 6.45) is 4.45. The minimum atomic E-state index is -0.148. The van der Waals surface area contributed by atoms with E-state index >= 15 is 0 Å². The van der Waals surface area contributed by atoms with E-state index in [0.717, 1.165) is 28.9 Å². The number of nitrogens with one attached hydrogen (secondary N) is 1. The number of hydrogen-bond donors (Lipinski definition) is 1. The van der Waals surface area contributed by atoms with Crippen molar-refractivity contribution in [3.63, 3.8) is 0 Å². The Kier molecular flexibility index (Phi) is 3.86. The molecule has 4 heteroatoms. The van der Waals surface area contributed by atoms with E-state index in [1.807, 2.05) is 61.5 Å². The predicted octanol–water partition coefficient (Wildman–Crippen LogP) is 4.05. The summed E-state index contributed by atoms with van der Waals surface area (Å²) in [6, 6.07) is 17.9. The molecule has 0 bridgehead atoms. The van der Waals surface area contributed by atoms with Crippen LogP contribution in [0.2, 0.25) is 0 Å². The van der Waals surface area contributed by atoms with Crippen LogP contribution in [0.5, 0.6) is 0 Å². The van der Waals surface area contributed by atoms with Crippen molar-refractivity contribution in [3.05, 3.63) is 89.2 Å². The van der Waals surface area contributed by atoms with E-state index in [9.17, 15) is 4.79 Å². The molecule has 0 saturated carbocycles. The third-order valence-corrected chi connectivity index (χ3v) is 4.32. The van der Waals surface area contributed by atoms with E-state index < -0.39 is 0 Å². The Bertz CT molecular complexity index is 960. The number of carbonyl (C=O) groups is 1. The van der Waals surface area contributed by atoms with Crippen LogP contribution in [0.15, 0.2) is 72.0 Å². The highest BCUT2D eigenvalue weighted by atomic mass is 16.2. The van der Waals surface area contributed by atoms with Gasteiger partial charge in [0.1, 0.15) is 5.71 Å². The van der Waals surface area contributed by atoms with Crippen molar-refractivity contribution in [2.24, 2.45) is 4.99 Å². The summed E-state index contributed by atoms with van der Waals surface area (Å²) in [7, 11) is 0. The van der Waals surface area contributed by atoms with Crippen molar-refractivity contribution in [1.82, 2.24) is 4.98 Å². The number of hydrogen-bond acceptors (Lipinski definition) is 3. The van der Waals surface area contributed by atoms with E-state index in [2.05, 4.69) is 15.3 Å². The molecule has 1 aliphatic rings. The number of carbonyl (C=O) groups excluding carboxylic acids is 1. The van der Waals surface area contributed by atoms with Crippen molar-refractivity contribution in [3.8, 4) is 0 Å². The predicted molar refractivity (Wildman–Crippen MR) is 99.5 cm³/mol. The first-order valence-electron chi connectivity index (χ1n) is 8.18. The summed E-state index contributed by atoms with van der Waals surface area (Å²) in [5.74, 6) is -0.148. The summed E-state index contributed by atoms with van der Waals surface area (Å²) < 4.78 is 0. The van der Waals surface area contributed by atoms with Crippen LogP contribution in [0.1, 0.15) is 22.3 Å². The second-order valence-corrected chi connectivity index (χ2v) is 6.11. The molecular weight excluding hydrogens is 310 g/mol. The first-order chi connectivity index (χ1) is 12.2. The van der Waals surface area contributed by atoms with Gasteiger partial charge in [0.05, 0.1) is 11.4 Å². The number of fused-ring (bicyclic) bond motifs is 1. The van der Waals surface area contributed by atoms with Gasteiger partial charge in [-0.05, 0) is 54.3 Å². The third kappa shape index (κ3) is 3.06. The number of pyridine rings is 1. The quantitative estimate of drug-likeness (QED) is 0.789. The molecule has 3 aromatic rings. The van der Waals surface area contributed by atoms with E-state index in [1.54, 1.807) is 12.4 Å². The van der Waals surface area contributed by atoms with Crippen molar-refractivity contribution >= 4 is 23.0 Å². The lowest BCUT2D eigenvalue weighted by atomic mass is 10.1. The topological polar surface area (TPSA) is 54.4 Å². The number of para-hydroxylation sites is 1. The van der Waals surface area contributed by atoms with Gasteiger partial charge >= 0.3 is 0 Å². The van der Waals surface area contributed by atoms with Crippen LogP contribution >= 0.6 is 0 Å². The van der Waals surface area contributed by atoms with Gasteiger partial charge in [-0.25, -0.2) is 4.99 Å². The molecule has 0 aliphatic carbocycles. The molecule has 4 nitrogen and oxygen atoms in total.